The van der Waals surface area contributed by atoms with Gasteiger partial charge in [-0.3, -0.25) is 9.59 Å². The van der Waals surface area contributed by atoms with Crippen molar-refractivity contribution in [3.63, 3.8) is 0 Å². The number of carboxylic acid groups (broad SMARTS) is 1. The van der Waals surface area contributed by atoms with E-state index in [-0.39, 0.29) is 17.9 Å². The van der Waals surface area contributed by atoms with Gasteiger partial charge in [-0.25, -0.2) is 8.42 Å². The molecule has 0 bridgehead atoms. The van der Waals surface area contributed by atoms with Gasteiger partial charge in [0.25, 0.3) is 0 Å². The summed E-state index contributed by atoms with van der Waals surface area (Å²) in [5, 5.41) is 8.72. The number of rotatable bonds is 4. The predicted octanol–water partition coefficient (Wildman–Crippen LogP) is -1.57. The highest BCUT2D eigenvalue weighted by atomic mass is 32.2. The fourth-order valence-electron chi connectivity index (χ4n) is 1.82. The zero-order chi connectivity index (χ0) is 13.2. The number of hydrogen-bond donors (Lipinski definition) is 2. The smallest absolute Gasteiger partial charge is 0.323 e. The van der Waals surface area contributed by atoms with Gasteiger partial charge >= 0.3 is 5.97 Å². The number of carbonyl (C=O) groups excluding carboxylic acids is 1. The van der Waals surface area contributed by atoms with E-state index in [0.717, 1.165) is 4.90 Å². The lowest BCUT2D eigenvalue weighted by Gasteiger charge is -2.27. The van der Waals surface area contributed by atoms with Crippen molar-refractivity contribution in [1.29, 1.82) is 0 Å². The summed E-state index contributed by atoms with van der Waals surface area (Å²) in [4.78, 5) is 23.4. The molecule has 1 saturated heterocycles. The molecule has 0 aliphatic carbocycles. The van der Waals surface area contributed by atoms with Crippen molar-refractivity contribution in [1.82, 2.24) is 4.90 Å². The lowest BCUT2D eigenvalue weighted by atomic mass is 10.2. The zero-order valence-corrected chi connectivity index (χ0v) is 10.3. The second-order valence-electron chi connectivity index (χ2n) is 4.21. The molecule has 0 spiro atoms. The summed E-state index contributed by atoms with van der Waals surface area (Å²) in [7, 11) is -3.16. The monoisotopic (exact) mass is 264 g/mol. The molecule has 17 heavy (non-hydrogen) atoms. The molecule has 1 amide bonds. The Morgan fingerprint density at radius 3 is 2.47 bits per heavy atom. The summed E-state index contributed by atoms with van der Waals surface area (Å²) in [5.41, 5.74) is 5.41. The maximum Gasteiger partial charge on any atom is 0.323 e. The summed E-state index contributed by atoms with van der Waals surface area (Å²) in [6.07, 6.45) is 0.272. The zero-order valence-electron chi connectivity index (χ0n) is 9.50. The van der Waals surface area contributed by atoms with Crippen LogP contribution >= 0.6 is 0 Å². The number of nitrogens with zero attached hydrogens (tertiary/aromatic N) is 1. The Balaban J connectivity index is 2.84. The lowest BCUT2D eigenvalue weighted by Crippen LogP contribution is -2.50. The van der Waals surface area contributed by atoms with E-state index in [2.05, 4.69) is 0 Å². The molecule has 2 unspecified atom stereocenters. The van der Waals surface area contributed by atoms with Crippen LogP contribution < -0.4 is 5.73 Å². The molecule has 1 aliphatic rings. The fraction of sp³-hybridized carbons (Fsp3) is 0.778. The molecule has 0 saturated carbocycles. The highest BCUT2D eigenvalue weighted by Gasteiger charge is 2.36. The largest absolute Gasteiger partial charge is 0.480 e. The molecule has 1 fully saturated rings. The molecule has 98 valence electrons. The van der Waals surface area contributed by atoms with Crippen molar-refractivity contribution in [2.75, 3.05) is 18.1 Å². The lowest BCUT2D eigenvalue weighted by molar-refractivity contribution is -0.146. The SMILES string of the molecule is CC(N)C(=O)N(CC(=O)O)C1CCS(=O)(=O)C1. The highest BCUT2D eigenvalue weighted by Crippen LogP contribution is 2.18. The average molecular weight is 264 g/mol. The number of aliphatic carboxylic acids is 1. The first kappa shape index (κ1) is 13.9. The molecule has 0 aromatic heterocycles. The van der Waals surface area contributed by atoms with Gasteiger partial charge in [-0.15, -0.1) is 0 Å². The minimum absolute atomic E-state index is 0.0139. The summed E-state index contributed by atoms with van der Waals surface area (Å²) in [5.74, 6) is -1.91. The molecule has 1 heterocycles. The normalized spacial score (nSPS) is 24.2. The van der Waals surface area contributed by atoms with Gasteiger partial charge in [0.15, 0.2) is 9.84 Å². The van der Waals surface area contributed by atoms with Crippen LogP contribution in [0.25, 0.3) is 0 Å². The van der Waals surface area contributed by atoms with Gasteiger partial charge in [-0.1, -0.05) is 0 Å². The van der Waals surface area contributed by atoms with E-state index in [1.54, 1.807) is 0 Å². The van der Waals surface area contributed by atoms with Gasteiger partial charge in [0, 0.05) is 6.04 Å². The molecule has 1 aliphatic heterocycles. The van der Waals surface area contributed by atoms with Crippen LogP contribution in [0.15, 0.2) is 0 Å². The topological polar surface area (TPSA) is 118 Å². The summed E-state index contributed by atoms with van der Waals surface area (Å²) >= 11 is 0. The van der Waals surface area contributed by atoms with Crippen LogP contribution in [0, 0.1) is 0 Å². The Morgan fingerprint density at radius 1 is 1.53 bits per heavy atom. The van der Waals surface area contributed by atoms with Crippen molar-refractivity contribution in [2.45, 2.75) is 25.4 Å². The molecule has 0 radical (unpaired) electrons. The van der Waals surface area contributed by atoms with Gasteiger partial charge in [-0.05, 0) is 13.3 Å². The Labute approximate surface area is 99.5 Å². The third-order valence-electron chi connectivity index (χ3n) is 2.63. The third kappa shape index (κ3) is 3.67. The molecular formula is C9H16N2O5S. The third-order valence-corrected chi connectivity index (χ3v) is 4.38. The minimum Gasteiger partial charge on any atom is -0.480 e. The summed E-state index contributed by atoms with van der Waals surface area (Å²) < 4.78 is 22.6. The van der Waals surface area contributed by atoms with E-state index >= 15 is 0 Å². The van der Waals surface area contributed by atoms with Crippen LogP contribution in [0.5, 0.6) is 0 Å². The van der Waals surface area contributed by atoms with Crippen LogP contribution in [0.2, 0.25) is 0 Å². The quantitative estimate of drug-likeness (QED) is 0.633. The Bertz CT molecular complexity index is 417. The van der Waals surface area contributed by atoms with Gasteiger partial charge in [0.2, 0.25) is 5.91 Å². The van der Waals surface area contributed by atoms with E-state index in [1.807, 2.05) is 0 Å². The fourth-order valence-corrected chi connectivity index (χ4v) is 3.55. The van der Waals surface area contributed by atoms with Crippen molar-refractivity contribution >= 4 is 21.7 Å². The number of carbonyl (C=O) groups is 2. The molecule has 2 atom stereocenters. The van der Waals surface area contributed by atoms with Crippen LogP contribution in [0.4, 0.5) is 0 Å². The second-order valence-corrected chi connectivity index (χ2v) is 6.43. The molecule has 7 nitrogen and oxygen atoms in total. The maximum absolute atomic E-state index is 11.7. The van der Waals surface area contributed by atoms with Gasteiger partial charge < -0.3 is 15.7 Å². The number of sulfone groups is 1. The molecule has 0 aromatic rings. The number of hydrogen-bond acceptors (Lipinski definition) is 5. The van der Waals surface area contributed by atoms with Gasteiger partial charge in [0.1, 0.15) is 6.54 Å². The number of nitrogens with two attached hydrogens (primary N) is 1. The molecule has 1 rings (SSSR count). The van der Waals surface area contributed by atoms with Crippen LogP contribution in [-0.4, -0.2) is 60.4 Å². The first-order chi connectivity index (χ1) is 7.73. The van der Waals surface area contributed by atoms with Gasteiger partial charge in [0.05, 0.1) is 17.5 Å². The summed E-state index contributed by atoms with van der Waals surface area (Å²) in [6.45, 7) is 0.932. The molecule has 3 N–H and O–H groups in total. The average Bonchev–Trinajstić information content (AvgIpc) is 2.53. The first-order valence-corrected chi connectivity index (χ1v) is 7.03. The molecule has 8 heteroatoms. The van der Waals surface area contributed by atoms with Crippen molar-refractivity contribution < 1.29 is 23.1 Å². The maximum atomic E-state index is 11.7. The Kier molecular flexibility index (Phi) is 4.10. The van der Waals surface area contributed by atoms with Gasteiger partial charge in [-0.2, -0.15) is 0 Å². The van der Waals surface area contributed by atoms with Crippen molar-refractivity contribution in [3.8, 4) is 0 Å². The Morgan fingerprint density at radius 2 is 2.12 bits per heavy atom. The van der Waals surface area contributed by atoms with E-state index in [9.17, 15) is 18.0 Å². The molecule has 0 aromatic carbocycles. The summed E-state index contributed by atoms with van der Waals surface area (Å²) in [6, 6.07) is -1.41. The predicted molar refractivity (Wildman–Crippen MR) is 60.1 cm³/mol. The minimum atomic E-state index is -3.16. The van der Waals surface area contributed by atoms with Crippen LogP contribution in [-0.2, 0) is 19.4 Å². The second kappa shape index (κ2) is 5.01. The van der Waals surface area contributed by atoms with E-state index in [1.165, 1.54) is 6.92 Å². The van der Waals surface area contributed by atoms with Crippen LogP contribution in [0.3, 0.4) is 0 Å². The van der Waals surface area contributed by atoms with Crippen molar-refractivity contribution in [2.24, 2.45) is 5.73 Å². The molecular weight excluding hydrogens is 248 g/mol. The van der Waals surface area contributed by atoms with Crippen molar-refractivity contribution in [3.05, 3.63) is 0 Å². The Hall–Kier alpha value is -1.15. The van der Waals surface area contributed by atoms with E-state index in [0.29, 0.717) is 0 Å². The van der Waals surface area contributed by atoms with Crippen LogP contribution in [0.1, 0.15) is 13.3 Å². The highest BCUT2D eigenvalue weighted by molar-refractivity contribution is 7.91. The first-order valence-electron chi connectivity index (χ1n) is 5.21. The van der Waals surface area contributed by atoms with E-state index in [4.69, 9.17) is 10.8 Å². The number of amides is 1. The number of carboxylic acids is 1. The van der Waals surface area contributed by atoms with E-state index < -0.39 is 40.3 Å². The standard InChI is InChI=1S/C9H16N2O5S/c1-6(10)9(14)11(4-8(12)13)7-2-3-17(15,16)5-7/h6-7H,2-5,10H2,1H3,(H,12,13).